The van der Waals surface area contributed by atoms with E-state index in [1.807, 2.05) is 71.9 Å². The summed E-state index contributed by atoms with van der Waals surface area (Å²) in [5.74, 6) is -0.300. The quantitative estimate of drug-likeness (QED) is 0.442. The van der Waals surface area contributed by atoms with Gasteiger partial charge in [0.1, 0.15) is 12.1 Å². The molecule has 0 aliphatic carbocycles. The molecule has 6 heteroatoms. The second-order valence-corrected chi connectivity index (χ2v) is 7.42. The first-order valence-electron chi connectivity index (χ1n) is 8.96. The summed E-state index contributed by atoms with van der Waals surface area (Å²) in [6.45, 7) is 12.1. The number of nitrogens with zero attached hydrogens (tertiary/aromatic N) is 1. The highest BCUT2D eigenvalue weighted by atomic mass is 32.2. The fourth-order valence-corrected chi connectivity index (χ4v) is 2.45. The van der Waals surface area contributed by atoms with Crippen LogP contribution in [0.4, 0.5) is 0 Å². The van der Waals surface area contributed by atoms with Gasteiger partial charge in [0, 0.05) is 24.3 Å². The van der Waals surface area contributed by atoms with E-state index in [2.05, 4.69) is 0 Å². The molecule has 1 heterocycles. The molecular weight excluding hydrogens is 350 g/mol. The average Bonchev–Trinajstić information content (AvgIpc) is 2.60. The van der Waals surface area contributed by atoms with Gasteiger partial charge < -0.3 is 9.64 Å². The molecule has 0 aromatic heterocycles. The largest absolute Gasteiger partial charge is 0.459 e. The van der Waals surface area contributed by atoms with Crippen LogP contribution in [0.1, 0.15) is 54.4 Å². The Morgan fingerprint density at radius 2 is 1.73 bits per heavy atom. The van der Waals surface area contributed by atoms with Gasteiger partial charge in [0.05, 0.1) is 0 Å². The van der Waals surface area contributed by atoms with Crippen LogP contribution in [0.2, 0.25) is 0 Å². The molecule has 0 spiro atoms. The fourth-order valence-electron chi connectivity index (χ4n) is 1.75. The van der Waals surface area contributed by atoms with E-state index in [-0.39, 0.29) is 23.5 Å². The van der Waals surface area contributed by atoms with E-state index in [1.54, 1.807) is 0 Å². The minimum absolute atomic E-state index is 0.0332. The molecule has 1 aromatic carbocycles. The summed E-state index contributed by atoms with van der Waals surface area (Å²) >= 11 is 1.30. The lowest BCUT2D eigenvalue weighted by Crippen LogP contribution is -2.47. The Kier molecular flexibility index (Phi) is 11.6. The molecule has 5 nitrogen and oxygen atoms in total. The molecule has 0 saturated carbocycles. The maximum atomic E-state index is 11.2. The van der Waals surface area contributed by atoms with Crippen LogP contribution < -0.4 is 0 Å². The zero-order valence-electron chi connectivity index (χ0n) is 16.7. The minimum Gasteiger partial charge on any atom is -0.459 e. The lowest BCUT2D eigenvalue weighted by molar-refractivity contribution is -0.161. The molecular formula is C20H31NO4S. The highest BCUT2D eigenvalue weighted by Gasteiger charge is 2.27. The monoisotopic (exact) mass is 381 g/mol. The smallest absolute Gasteiger partial charge is 0.326 e. The van der Waals surface area contributed by atoms with Crippen molar-refractivity contribution in [3.05, 3.63) is 30.3 Å². The van der Waals surface area contributed by atoms with Crippen LogP contribution in [0, 0.1) is 0 Å². The second kappa shape index (κ2) is 12.5. The number of esters is 1. The molecule has 1 fully saturated rings. The van der Waals surface area contributed by atoms with Gasteiger partial charge in [-0.05, 0) is 32.9 Å². The molecule has 1 saturated heterocycles. The summed E-state index contributed by atoms with van der Waals surface area (Å²) in [4.78, 5) is 35.5. The standard InChI is InChI=1S/C9H15NO3.C9H10OS.C2H6/c1-9(2,3)13-8(12)6-10-5-4-7(10)11;1-2-9(10)11-8-6-4-3-5-7-8;1-2/h4-6H2,1-3H3;3-7H,2H2,1H3;1-2H3. The number of rotatable bonds is 4. The number of ether oxygens (including phenoxy) is 1. The van der Waals surface area contributed by atoms with Gasteiger partial charge in [-0.3, -0.25) is 14.4 Å². The summed E-state index contributed by atoms with van der Waals surface area (Å²) in [5.41, 5.74) is -0.467. The van der Waals surface area contributed by atoms with Crippen molar-refractivity contribution in [2.45, 2.75) is 64.9 Å². The van der Waals surface area contributed by atoms with Gasteiger partial charge in [0.15, 0.2) is 5.12 Å². The number of thioether (sulfide) groups is 1. The van der Waals surface area contributed by atoms with Crippen LogP contribution in [0.3, 0.4) is 0 Å². The Labute approximate surface area is 161 Å². The summed E-state index contributed by atoms with van der Waals surface area (Å²) < 4.78 is 5.06. The predicted molar refractivity (Wildman–Crippen MR) is 106 cm³/mol. The number of hydrogen-bond donors (Lipinski definition) is 0. The van der Waals surface area contributed by atoms with Crippen molar-refractivity contribution in [1.29, 1.82) is 0 Å². The van der Waals surface area contributed by atoms with Crippen LogP contribution in [0.5, 0.6) is 0 Å². The number of hydrogen-bond acceptors (Lipinski definition) is 5. The molecule has 1 aliphatic rings. The summed E-state index contributed by atoms with van der Waals surface area (Å²) in [6, 6.07) is 9.70. The predicted octanol–water partition coefficient (Wildman–Crippen LogP) is 4.30. The van der Waals surface area contributed by atoms with E-state index in [4.69, 9.17) is 4.74 Å². The SMILES string of the molecule is CC.CC(C)(C)OC(=O)CN1CCC1=O.CCC(=O)Sc1ccccc1. The average molecular weight is 382 g/mol. The Hall–Kier alpha value is -1.82. The maximum Gasteiger partial charge on any atom is 0.326 e. The molecule has 1 amide bonds. The van der Waals surface area contributed by atoms with Crippen molar-refractivity contribution >= 4 is 28.8 Å². The van der Waals surface area contributed by atoms with Crippen molar-refractivity contribution in [3.8, 4) is 0 Å². The van der Waals surface area contributed by atoms with E-state index in [0.29, 0.717) is 19.4 Å². The Balaban J connectivity index is 0.000000444. The van der Waals surface area contributed by atoms with Gasteiger partial charge in [0.2, 0.25) is 5.91 Å². The van der Waals surface area contributed by atoms with E-state index in [9.17, 15) is 14.4 Å². The molecule has 1 aromatic rings. The molecule has 146 valence electrons. The Bertz CT molecular complexity index is 567. The van der Waals surface area contributed by atoms with Gasteiger partial charge in [-0.25, -0.2) is 0 Å². The normalized spacial score (nSPS) is 12.7. The van der Waals surface area contributed by atoms with Gasteiger partial charge in [-0.1, -0.05) is 50.7 Å². The summed E-state index contributed by atoms with van der Waals surface area (Å²) in [5, 5.41) is 0.219. The molecule has 0 N–H and O–H groups in total. The van der Waals surface area contributed by atoms with Crippen molar-refractivity contribution in [3.63, 3.8) is 0 Å². The molecule has 0 radical (unpaired) electrons. The van der Waals surface area contributed by atoms with Crippen LogP contribution in [-0.4, -0.2) is 40.6 Å². The summed E-state index contributed by atoms with van der Waals surface area (Å²) in [7, 11) is 0. The third kappa shape index (κ3) is 10.9. The molecule has 0 atom stereocenters. The van der Waals surface area contributed by atoms with E-state index in [0.717, 1.165) is 4.90 Å². The number of carbonyl (C=O) groups is 3. The molecule has 26 heavy (non-hydrogen) atoms. The van der Waals surface area contributed by atoms with Gasteiger partial charge >= 0.3 is 5.97 Å². The van der Waals surface area contributed by atoms with Crippen molar-refractivity contribution < 1.29 is 19.1 Å². The highest BCUT2D eigenvalue weighted by Crippen LogP contribution is 2.18. The van der Waals surface area contributed by atoms with Crippen molar-refractivity contribution in [2.75, 3.05) is 13.1 Å². The zero-order valence-corrected chi connectivity index (χ0v) is 17.5. The van der Waals surface area contributed by atoms with Gasteiger partial charge in [-0.15, -0.1) is 0 Å². The number of carbonyl (C=O) groups excluding carboxylic acids is 3. The van der Waals surface area contributed by atoms with E-state index < -0.39 is 5.60 Å². The van der Waals surface area contributed by atoms with E-state index in [1.165, 1.54) is 16.7 Å². The van der Waals surface area contributed by atoms with Gasteiger partial charge in [-0.2, -0.15) is 0 Å². The number of amides is 1. The zero-order chi connectivity index (χ0) is 20.2. The molecule has 0 unspecified atom stereocenters. The molecule has 0 bridgehead atoms. The number of likely N-dealkylation sites (tertiary alicyclic amines) is 1. The van der Waals surface area contributed by atoms with E-state index >= 15 is 0 Å². The molecule has 2 rings (SSSR count). The first-order chi connectivity index (χ1) is 12.2. The van der Waals surface area contributed by atoms with Crippen LogP contribution in [-0.2, 0) is 19.1 Å². The second-order valence-electron chi connectivity index (χ2n) is 6.29. The maximum absolute atomic E-state index is 11.2. The topological polar surface area (TPSA) is 63.7 Å². The summed E-state index contributed by atoms with van der Waals surface area (Å²) in [6.07, 6.45) is 1.16. The first-order valence-corrected chi connectivity index (χ1v) is 9.78. The Morgan fingerprint density at radius 1 is 1.15 bits per heavy atom. The number of β-lactam (4-membered cyclic amide) rings is 1. The lowest BCUT2D eigenvalue weighted by Gasteiger charge is -2.30. The van der Waals surface area contributed by atoms with Crippen molar-refractivity contribution in [1.82, 2.24) is 4.90 Å². The van der Waals surface area contributed by atoms with Gasteiger partial charge in [0.25, 0.3) is 0 Å². The first kappa shape index (κ1) is 24.2. The minimum atomic E-state index is -0.467. The third-order valence-corrected chi connectivity index (χ3v) is 3.98. The highest BCUT2D eigenvalue weighted by molar-refractivity contribution is 8.13. The van der Waals surface area contributed by atoms with Crippen LogP contribution in [0.15, 0.2) is 35.2 Å². The number of benzene rings is 1. The third-order valence-electron chi connectivity index (χ3n) is 2.95. The lowest BCUT2D eigenvalue weighted by atomic mass is 10.2. The van der Waals surface area contributed by atoms with Crippen LogP contribution >= 0.6 is 11.8 Å². The Morgan fingerprint density at radius 3 is 2.12 bits per heavy atom. The van der Waals surface area contributed by atoms with Crippen molar-refractivity contribution in [2.24, 2.45) is 0 Å². The fraction of sp³-hybridized carbons (Fsp3) is 0.550. The van der Waals surface area contributed by atoms with Crippen LogP contribution in [0.25, 0.3) is 0 Å². The molecule has 1 aliphatic heterocycles.